The fourth-order valence-electron chi connectivity index (χ4n) is 4.22. The van der Waals surface area contributed by atoms with Gasteiger partial charge >= 0.3 is 0 Å². The zero-order valence-corrected chi connectivity index (χ0v) is 12.9. The zero-order valence-electron chi connectivity index (χ0n) is 12.9. The first-order valence-corrected chi connectivity index (χ1v) is 7.56. The average Bonchev–Trinajstić information content (AvgIpc) is 2.88. The lowest BCUT2D eigenvalue weighted by molar-refractivity contribution is -0.124. The molecule has 3 atom stereocenters. The average molecular weight is 278 g/mol. The highest BCUT2D eigenvalue weighted by atomic mass is 16.5. The van der Waals surface area contributed by atoms with Crippen LogP contribution in [0.15, 0.2) is 0 Å². The van der Waals surface area contributed by atoms with Crippen LogP contribution in [0.3, 0.4) is 0 Å². The minimum Gasteiger partial charge on any atom is -0.381 e. The summed E-state index contributed by atoms with van der Waals surface area (Å²) in [5, 5.41) is 10.5. The Balaban J connectivity index is 0.000000178. The van der Waals surface area contributed by atoms with Gasteiger partial charge in [-0.2, -0.15) is 0 Å². The highest BCUT2D eigenvalue weighted by molar-refractivity contribution is 5.79. The van der Waals surface area contributed by atoms with Gasteiger partial charge in [-0.1, -0.05) is 26.7 Å². The smallest absolute Gasteiger partial charge is 0.137 e. The first-order chi connectivity index (χ1) is 9.27. The van der Waals surface area contributed by atoms with Crippen molar-refractivity contribution in [1.82, 2.24) is 0 Å². The first-order valence-electron chi connectivity index (χ1n) is 7.56. The van der Waals surface area contributed by atoms with E-state index in [2.05, 4.69) is 26.7 Å². The van der Waals surface area contributed by atoms with E-state index in [0.717, 1.165) is 12.8 Å². The van der Waals surface area contributed by atoms with Crippen LogP contribution >= 0.6 is 0 Å². The fourth-order valence-corrected chi connectivity index (χ4v) is 4.22. The highest BCUT2D eigenvalue weighted by Crippen LogP contribution is 2.67. The first kappa shape index (κ1) is 15.5. The molecule has 3 heteroatoms. The Morgan fingerprint density at radius 3 is 2.20 bits per heavy atom. The Hall–Kier alpha value is -0.850. The third-order valence-corrected chi connectivity index (χ3v) is 5.83. The summed E-state index contributed by atoms with van der Waals surface area (Å²) < 4.78 is 4.92. The molecular weight excluding hydrogens is 252 g/mol. The van der Waals surface area contributed by atoms with Crippen molar-refractivity contribution in [3.05, 3.63) is 0 Å². The molecular formula is C17H26O3. The second kappa shape index (κ2) is 5.16. The van der Waals surface area contributed by atoms with Crippen LogP contribution in [0.1, 0.15) is 52.9 Å². The van der Waals surface area contributed by atoms with Crippen molar-refractivity contribution in [3.63, 3.8) is 0 Å². The van der Waals surface area contributed by atoms with Crippen LogP contribution in [0.4, 0.5) is 0 Å². The van der Waals surface area contributed by atoms with Gasteiger partial charge in [-0.15, -0.1) is 6.42 Å². The van der Waals surface area contributed by atoms with Gasteiger partial charge in [0.25, 0.3) is 0 Å². The molecule has 3 rings (SSSR count). The Kier molecular flexibility index (Phi) is 4.01. The van der Waals surface area contributed by atoms with Gasteiger partial charge in [-0.05, 0) is 25.2 Å². The predicted molar refractivity (Wildman–Crippen MR) is 78.1 cm³/mol. The molecule has 1 heterocycles. The number of rotatable bonds is 0. The quantitative estimate of drug-likeness (QED) is 0.693. The number of hydrogen-bond acceptors (Lipinski definition) is 3. The van der Waals surface area contributed by atoms with Gasteiger partial charge in [0.1, 0.15) is 11.4 Å². The molecule has 3 fully saturated rings. The van der Waals surface area contributed by atoms with E-state index in [9.17, 15) is 9.90 Å². The zero-order chi connectivity index (χ0) is 15.0. The summed E-state index contributed by atoms with van der Waals surface area (Å²) in [6.07, 6.45) is 10.2. The largest absolute Gasteiger partial charge is 0.381 e. The summed E-state index contributed by atoms with van der Waals surface area (Å²) in [6, 6.07) is 0. The van der Waals surface area contributed by atoms with Crippen molar-refractivity contribution in [1.29, 1.82) is 0 Å². The summed E-state index contributed by atoms with van der Waals surface area (Å²) in [4.78, 5) is 10.4. The van der Waals surface area contributed by atoms with Crippen molar-refractivity contribution < 1.29 is 14.6 Å². The lowest BCUT2D eigenvalue weighted by atomic mass is 9.61. The summed E-state index contributed by atoms with van der Waals surface area (Å²) >= 11 is 0. The maximum atomic E-state index is 10.5. The maximum Gasteiger partial charge on any atom is 0.137 e. The van der Waals surface area contributed by atoms with Crippen LogP contribution in [0.25, 0.3) is 0 Å². The lowest BCUT2D eigenvalue weighted by Gasteiger charge is -2.47. The van der Waals surface area contributed by atoms with Gasteiger partial charge < -0.3 is 9.84 Å². The molecule has 1 saturated heterocycles. The summed E-state index contributed by atoms with van der Waals surface area (Å²) in [7, 11) is 0. The van der Waals surface area contributed by atoms with Crippen molar-refractivity contribution in [2.45, 2.75) is 58.5 Å². The Bertz CT molecular complexity index is 419. The number of aliphatic hydroxyl groups is 1. The Labute approximate surface area is 122 Å². The molecule has 3 aliphatic rings. The van der Waals surface area contributed by atoms with Gasteiger partial charge in [0.05, 0.1) is 13.2 Å². The van der Waals surface area contributed by atoms with Crippen molar-refractivity contribution in [2.24, 2.45) is 16.7 Å². The van der Waals surface area contributed by atoms with Gasteiger partial charge in [-0.25, -0.2) is 0 Å². The number of fused-ring (bicyclic) bond motifs is 2. The molecule has 112 valence electrons. The van der Waals surface area contributed by atoms with E-state index in [1.165, 1.54) is 6.42 Å². The van der Waals surface area contributed by atoms with Crippen molar-refractivity contribution >= 4 is 5.78 Å². The lowest BCUT2D eigenvalue weighted by Crippen LogP contribution is -2.52. The van der Waals surface area contributed by atoms with E-state index in [-0.39, 0.29) is 10.8 Å². The summed E-state index contributed by atoms with van der Waals surface area (Å²) in [6.45, 7) is 7.64. The molecule has 0 unspecified atom stereocenters. The highest BCUT2D eigenvalue weighted by Gasteiger charge is 2.67. The van der Waals surface area contributed by atoms with E-state index in [4.69, 9.17) is 11.2 Å². The number of ether oxygens (including phenoxy) is 1. The Morgan fingerprint density at radius 2 is 1.90 bits per heavy atom. The van der Waals surface area contributed by atoms with Gasteiger partial charge in [0, 0.05) is 23.7 Å². The van der Waals surface area contributed by atoms with E-state index in [0.29, 0.717) is 37.8 Å². The maximum absolute atomic E-state index is 10.5. The molecule has 0 aromatic carbocycles. The second-order valence-electron chi connectivity index (χ2n) is 7.23. The second-order valence-corrected chi connectivity index (χ2v) is 7.23. The number of Topliss-reactive ketones (excluding diaryl/α,β-unsaturated/α-hetero) is 1. The van der Waals surface area contributed by atoms with Crippen molar-refractivity contribution in [3.8, 4) is 12.3 Å². The third-order valence-electron chi connectivity index (χ3n) is 5.83. The van der Waals surface area contributed by atoms with Crippen LogP contribution < -0.4 is 0 Å². The Morgan fingerprint density at radius 1 is 1.30 bits per heavy atom. The van der Waals surface area contributed by atoms with E-state index in [1.807, 2.05) is 0 Å². The van der Waals surface area contributed by atoms with Gasteiger partial charge in [0.15, 0.2) is 0 Å². The molecule has 0 aromatic rings. The topological polar surface area (TPSA) is 46.5 Å². The minimum absolute atomic E-state index is 0.0318. The summed E-state index contributed by atoms with van der Waals surface area (Å²) in [5.41, 5.74) is -1.02. The number of carbonyl (C=O) groups is 1. The molecule has 2 saturated carbocycles. The van der Waals surface area contributed by atoms with E-state index in [1.54, 1.807) is 0 Å². The molecule has 1 aliphatic heterocycles. The van der Waals surface area contributed by atoms with Crippen molar-refractivity contribution in [2.75, 3.05) is 13.2 Å². The van der Waals surface area contributed by atoms with Crippen LogP contribution in [-0.2, 0) is 9.53 Å². The molecule has 0 radical (unpaired) electrons. The molecule has 1 N–H and O–H groups in total. The SMILES string of the molecule is C#C[C@@]1(O)C(C)(C)[C@@H]2CC[C@@]1(C)C2.O=C1CCOCC1. The van der Waals surface area contributed by atoms with Crippen LogP contribution in [-0.4, -0.2) is 29.7 Å². The number of terminal acetylenes is 1. The number of carbonyl (C=O) groups excluding carboxylic acids is 1. The minimum atomic E-state index is -0.886. The van der Waals surface area contributed by atoms with E-state index < -0.39 is 5.60 Å². The van der Waals surface area contributed by atoms with Crippen LogP contribution in [0.5, 0.6) is 0 Å². The standard InChI is InChI=1S/C12H18O.C5H8O2/c1-5-12(13)10(2,3)9-6-7-11(12,4)8-9;6-5-1-3-7-4-2-5/h1,9,13H,6-8H2,2-4H3;1-4H2/t9-,11+,12-;/m1./s1. The fraction of sp³-hybridized carbons (Fsp3) is 0.824. The van der Waals surface area contributed by atoms with Crippen LogP contribution in [0.2, 0.25) is 0 Å². The monoisotopic (exact) mass is 278 g/mol. The van der Waals surface area contributed by atoms with Crippen LogP contribution in [0, 0.1) is 29.1 Å². The van der Waals surface area contributed by atoms with E-state index >= 15 is 0 Å². The molecule has 0 aromatic heterocycles. The molecule has 2 bridgehead atoms. The normalized spacial score (nSPS) is 41.8. The predicted octanol–water partition coefficient (Wildman–Crippen LogP) is 2.56. The molecule has 2 aliphatic carbocycles. The number of hydrogen-bond donors (Lipinski definition) is 1. The van der Waals surface area contributed by atoms with Gasteiger partial charge in [-0.3, -0.25) is 4.79 Å². The third kappa shape index (κ3) is 2.19. The number of ketones is 1. The molecule has 3 nitrogen and oxygen atoms in total. The summed E-state index contributed by atoms with van der Waals surface area (Å²) in [5.74, 6) is 3.61. The van der Waals surface area contributed by atoms with Gasteiger partial charge in [0.2, 0.25) is 0 Å². The molecule has 20 heavy (non-hydrogen) atoms. The molecule has 0 spiro atoms. The molecule has 0 amide bonds.